The van der Waals surface area contributed by atoms with E-state index in [1.165, 1.54) is 37.5 Å². The summed E-state index contributed by atoms with van der Waals surface area (Å²) in [7, 11) is -1.53. The van der Waals surface area contributed by atoms with Crippen molar-refractivity contribution < 1.29 is 4.79 Å². The number of carbonyl (C=O) groups excluding carboxylic acids is 1. The van der Waals surface area contributed by atoms with E-state index in [2.05, 4.69) is 26.7 Å². The monoisotopic (exact) mass is 260 g/mol. The first-order valence-electron chi connectivity index (χ1n) is 6.47. The molecular weight excluding hydrogens is 234 g/mol. The summed E-state index contributed by atoms with van der Waals surface area (Å²) in [6.45, 7) is 9.84. The van der Waals surface area contributed by atoms with E-state index < -0.39 is 14.5 Å². The zero-order chi connectivity index (χ0) is 12.0. The highest BCUT2D eigenvalue weighted by molar-refractivity contribution is 7.75. The largest absolute Gasteiger partial charge is 0.299 e. The van der Waals surface area contributed by atoms with Crippen LogP contribution in [0, 0.1) is 11.8 Å². The molecule has 2 rings (SSSR count). The maximum Gasteiger partial charge on any atom is 0.146 e. The number of Topliss-reactive ketones (excluding diaryl/α,β-unsaturated/α-hetero) is 1. The quantitative estimate of drug-likeness (QED) is 0.611. The third kappa shape index (κ3) is 2.85. The molecule has 2 heterocycles. The molecular formula is C13H26OP2+2. The van der Waals surface area contributed by atoms with Crippen LogP contribution in [0.5, 0.6) is 0 Å². The summed E-state index contributed by atoms with van der Waals surface area (Å²) in [4.78, 5) is 12.5. The lowest BCUT2D eigenvalue weighted by molar-refractivity contribution is -0.125. The van der Waals surface area contributed by atoms with Crippen molar-refractivity contribution in [1.82, 2.24) is 0 Å². The summed E-state index contributed by atoms with van der Waals surface area (Å²) in [5, 5.41) is 0. The van der Waals surface area contributed by atoms with Gasteiger partial charge in [-0.15, -0.1) is 0 Å². The minimum absolute atomic E-state index is 0.438. The number of ketones is 1. The van der Waals surface area contributed by atoms with Crippen LogP contribution < -0.4 is 0 Å². The summed E-state index contributed by atoms with van der Waals surface area (Å²) in [6, 6.07) is 0. The van der Waals surface area contributed by atoms with Crippen molar-refractivity contribution in [3.8, 4) is 0 Å². The van der Waals surface area contributed by atoms with E-state index in [0.717, 1.165) is 0 Å². The van der Waals surface area contributed by atoms with E-state index in [9.17, 15) is 4.79 Å². The van der Waals surface area contributed by atoms with Crippen molar-refractivity contribution in [2.75, 3.05) is 51.3 Å². The fourth-order valence-electron chi connectivity index (χ4n) is 3.39. The molecule has 2 fully saturated rings. The first kappa shape index (κ1) is 13.0. The lowest BCUT2D eigenvalue weighted by Gasteiger charge is -2.23. The Bertz CT molecular complexity index is 274. The Hall–Kier alpha value is 0.530. The van der Waals surface area contributed by atoms with Crippen molar-refractivity contribution in [3.05, 3.63) is 0 Å². The molecule has 92 valence electrons. The third-order valence-corrected chi connectivity index (χ3v) is 10.2. The number of hydrogen-bond donors (Lipinski definition) is 0. The summed E-state index contributed by atoms with van der Waals surface area (Å²) in [5.41, 5.74) is 0. The van der Waals surface area contributed by atoms with Gasteiger partial charge in [0.15, 0.2) is 0 Å². The van der Waals surface area contributed by atoms with E-state index in [0.29, 0.717) is 17.6 Å². The molecule has 0 radical (unpaired) electrons. The predicted molar refractivity (Wildman–Crippen MR) is 78.2 cm³/mol. The Kier molecular flexibility index (Phi) is 3.51. The van der Waals surface area contributed by atoms with Crippen LogP contribution in [0.4, 0.5) is 0 Å². The van der Waals surface area contributed by atoms with E-state index in [4.69, 9.17) is 0 Å². The lowest BCUT2D eigenvalue weighted by atomic mass is 9.91. The van der Waals surface area contributed by atoms with Gasteiger partial charge in [0.2, 0.25) is 0 Å². The van der Waals surface area contributed by atoms with Gasteiger partial charge in [0.25, 0.3) is 0 Å². The first-order chi connectivity index (χ1) is 7.29. The van der Waals surface area contributed by atoms with Crippen LogP contribution in [0.3, 0.4) is 0 Å². The number of fused-ring (bicyclic) bond motifs is 2. The average molecular weight is 260 g/mol. The molecule has 2 aliphatic heterocycles. The topological polar surface area (TPSA) is 17.1 Å². The van der Waals surface area contributed by atoms with Crippen molar-refractivity contribution in [1.29, 1.82) is 0 Å². The van der Waals surface area contributed by atoms with Crippen LogP contribution in [0.25, 0.3) is 0 Å². The zero-order valence-corrected chi connectivity index (χ0v) is 13.0. The van der Waals surface area contributed by atoms with Gasteiger partial charge in [-0.05, 0) is 12.8 Å². The standard InChI is InChI=1S/C13H26OP2/c1-15(2)7-5-11-6-8-16(3,4)10-12(9-15)13(11)14/h11-12H,5-10H2,1-4H3/q+2. The highest BCUT2D eigenvalue weighted by Gasteiger charge is 2.47. The molecule has 2 bridgehead atoms. The Morgan fingerprint density at radius 2 is 1.31 bits per heavy atom. The Morgan fingerprint density at radius 3 is 1.75 bits per heavy atom. The summed E-state index contributed by atoms with van der Waals surface area (Å²) in [6.07, 6.45) is 7.64. The number of carbonyl (C=O) groups is 1. The van der Waals surface area contributed by atoms with Gasteiger partial charge in [-0.2, -0.15) is 0 Å². The van der Waals surface area contributed by atoms with Crippen molar-refractivity contribution in [3.63, 3.8) is 0 Å². The van der Waals surface area contributed by atoms with Crippen LogP contribution in [0.1, 0.15) is 12.8 Å². The van der Waals surface area contributed by atoms with Crippen molar-refractivity contribution >= 4 is 20.3 Å². The summed E-state index contributed by atoms with van der Waals surface area (Å²) >= 11 is 0. The molecule has 1 nitrogen and oxygen atoms in total. The van der Waals surface area contributed by atoms with Gasteiger partial charge in [-0.3, -0.25) is 4.79 Å². The Labute approximate surface area is 101 Å². The van der Waals surface area contributed by atoms with Crippen LogP contribution in [-0.4, -0.2) is 57.1 Å². The molecule has 0 saturated carbocycles. The molecule has 2 saturated heterocycles. The maximum atomic E-state index is 12.5. The predicted octanol–water partition coefficient (Wildman–Crippen LogP) is 3.15. The highest BCUT2D eigenvalue weighted by atomic mass is 31.2. The van der Waals surface area contributed by atoms with Gasteiger partial charge in [-0.25, -0.2) is 0 Å². The smallest absolute Gasteiger partial charge is 0.146 e. The van der Waals surface area contributed by atoms with Crippen LogP contribution >= 0.6 is 14.5 Å². The van der Waals surface area contributed by atoms with Crippen LogP contribution in [0.2, 0.25) is 0 Å². The summed E-state index contributed by atoms with van der Waals surface area (Å²) < 4.78 is 0. The minimum atomic E-state index is -0.766. The Balaban J connectivity index is 2.25. The molecule has 2 aliphatic rings. The molecule has 0 aromatic rings. The van der Waals surface area contributed by atoms with E-state index >= 15 is 0 Å². The summed E-state index contributed by atoms with van der Waals surface area (Å²) in [5.74, 6) is 1.53. The maximum absolute atomic E-state index is 12.5. The fraction of sp³-hybridized carbons (Fsp3) is 0.923. The second-order valence-electron chi connectivity index (χ2n) is 7.06. The zero-order valence-electron chi connectivity index (χ0n) is 11.2. The van der Waals surface area contributed by atoms with Gasteiger partial charge < -0.3 is 0 Å². The van der Waals surface area contributed by atoms with Gasteiger partial charge in [0.1, 0.15) is 5.78 Å². The average Bonchev–Trinajstić information content (AvgIpc) is 2.29. The molecule has 0 aromatic heterocycles. The lowest BCUT2D eigenvalue weighted by Crippen LogP contribution is -2.25. The molecule has 3 heteroatoms. The second-order valence-corrected chi connectivity index (χ2v) is 16.4. The van der Waals surface area contributed by atoms with Gasteiger partial charge in [-0.1, -0.05) is 0 Å². The molecule has 0 atom stereocenters. The van der Waals surface area contributed by atoms with Crippen molar-refractivity contribution in [2.24, 2.45) is 11.8 Å². The minimum Gasteiger partial charge on any atom is -0.299 e. The molecule has 0 aromatic carbocycles. The molecule has 0 N–H and O–H groups in total. The number of rotatable bonds is 0. The van der Waals surface area contributed by atoms with Crippen molar-refractivity contribution in [2.45, 2.75) is 12.8 Å². The molecule has 0 spiro atoms. The number of hydrogen-bond acceptors (Lipinski definition) is 1. The Morgan fingerprint density at radius 1 is 0.875 bits per heavy atom. The first-order valence-corrected chi connectivity index (χ1v) is 12.6. The fourth-order valence-corrected chi connectivity index (χ4v) is 8.98. The van der Waals surface area contributed by atoms with Crippen LogP contribution in [0.15, 0.2) is 0 Å². The molecule has 0 unspecified atom stereocenters. The van der Waals surface area contributed by atoms with Gasteiger partial charge in [0.05, 0.1) is 30.6 Å². The van der Waals surface area contributed by atoms with Gasteiger partial charge in [0, 0.05) is 47.1 Å². The van der Waals surface area contributed by atoms with E-state index in [-0.39, 0.29) is 0 Å². The highest BCUT2D eigenvalue weighted by Crippen LogP contribution is 2.62. The van der Waals surface area contributed by atoms with E-state index in [1.807, 2.05) is 0 Å². The van der Waals surface area contributed by atoms with Gasteiger partial charge >= 0.3 is 0 Å². The second kappa shape index (κ2) is 4.33. The third-order valence-electron chi connectivity index (χ3n) is 4.40. The van der Waals surface area contributed by atoms with E-state index in [1.54, 1.807) is 0 Å². The molecule has 0 amide bonds. The van der Waals surface area contributed by atoms with Crippen LogP contribution in [-0.2, 0) is 4.79 Å². The molecule has 0 aliphatic carbocycles. The SMILES string of the molecule is C[P+]1(C)CCC2CC[P+](C)(C)CC(C1)C2=O. The molecule has 16 heavy (non-hydrogen) atoms. The normalized spacial score (nSPS) is 37.6.